The Balaban J connectivity index is 1.41. The molecule has 9 nitrogen and oxygen atoms in total. The summed E-state index contributed by atoms with van der Waals surface area (Å²) < 4.78 is 82.2. The molecule has 0 bridgehead atoms. The van der Waals surface area contributed by atoms with Gasteiger partial charge in [-0.05, 0) is 18.2 Å². The van der Waals surface area contributed by atoms with Gasteiger partial charge >= 0.3 is 12.4 Å². The molecule has 0 atom stereocenters. The second-order valence-corrected chi connectivity index (χ2v) is 7.63. The molecule has 190 valence electrons. The summed E-state index contributed by atoms with van der Waals surface area (Å²) in [7, 11) is 0. The first-order valence-electron chi connectivity index (χ1n) is 10.3. The molecule has 0 spiro atoms. The van der Waals surface area contributed by atoms with Crippen LogP contribution in [0.5, 0.6) is 11.6 Å². The van der Waals surface area contributed by atoms with Crippen molar-refractivity contribution >= 4 is 11.9 Å². The number of carbonyl (C=O) groups is 1. The Bertz CT molecular complexity index is 1300. The molecular weight excluding hydrogens is 498 g/mol. The number of H-pyrrole nitrogens is 1. The lowest BCUT2D eigenvalue weighted by Gasteiger charge is -2.34. The lowest BCUT2D eigenvalue weighted by atomic mass is 10.1. The number of nitrogens with one attached hydrogen (secondary N) is 1. The minimum atomic E-state index is -4.90. The quantitative estimate of drug-likeness (QED) is 0.533. The number of rotatable bonds is 4. The first kappa shape index (κ1) is 24.9. The Hall–Kier alpha value is -4.17. The second-order valence-electron chi connectivity index (χ2n) is 7.63. The van der Waals surface area contributed by atoms with Gasteiger partial charge in [0, 0.05) is 50.2 Å². The maximum absolute atomic E-state index is 12.9. The Morgan fingerprint density at radius 3 is 2.22 bits per heavy atom. The van der Waals surface area contributed by atoms with Crippen LogP contribution in [0.2, 0.25) is 0 Å². The van der Waals surface area contributed by atoms with E-state index in [0.717, 1.165) is 0 Å². The highest BCUT2D eigenvalue weighted by molar-refractivity contribution is 5.94. The molecule has 1 aliphatic heterocycles. The van der Waals surface area contributed by atoms with Crippen molar-refractivity contribution in [3.8, 4) is 11.6 Å². The van der Waals surface area contributed by atoms with E-state index in [9.17, 15) is 35.9 Å². The van der Waals surface area contributed by atoms with E-state index in [-0.39, 0.29) is 49.3 Å². The number of hydrogen-bond donors (Lipinski definition) is 1. The fraction of sp³-hybridized carbons (Fsp3) is 0.286. The Morgan fingerprint density at radius 1 is 0.944 bits per heavy atom. The zero-order valence-corrected chi connectivity index (χ0v) is 18.1. The second kappa shape index (κ2) is 9.47. The number of halogens is 6. The molecule has 1 amide bonds. The standard InChI is InChI=1S/C21H16F6N6O3/c22-20(23,24)13-10-28-19(29-11-13)33-6-4-32(5-7-33)18(35)12-2-1-3-14(8-12)36-16-9-15(21(25,26)27)17(34)31-30-16/h1-3,8-11H,4-7H2,(H,31,34). The van der Waals surface area contributed by atoms with Crippen LogP contribution in [0.1, 0.15) is 21.5 Å². The Kier molecular flexibility index (Phi) is 6.56. The van der Waals surface area contributed by atoms with Crippen LogP contribution in [0.25, 0.3) is 0 Å². The maximum atomic E-state index is 12.9. The fourth-order valence-corrected chi connectivity index (χ4v) is 3.39. The number of aromatic amines is 1. The van der Waals surface area contributed by atoms with Crippen molar-refractivity contribution in [1.29, 1.82) is 0 Å². The number of anilines is 1. The molecule has 3 aromatic rings. The molecule has 15 heteroatoms. The van der Waals surface area contributed by atoms with E-state index in [0.29, 0.717) is 18.5 Å². The number of piperazine rings is 1. The molecule has 4 rings (SSSR count). The van der Waals surface area contributed by atoms with Crippen LogP contribution in [0.3, 0.4) is 0 Å². The van der Waals surface area contributed by atoms with E-state index in [2.05, 4.69) is 15.1 Å². The molecule has 0 aliphatic carbocycles. The van der Waals surface area contributed by atoms with Crippen molar-refractivity contribution in [1.82, 2.24) is 25.1 Å². The third-order valence-electron chi connectivity index (χ3n) is 5.20. The van der Waals surface area contributed by atoms with E-state index in [1.807, 2.05) is 0 Å². The van der Waals surface area contributed by atoms with E-state index in [4.69, 9.17) is 4.74 Å². The van der Waals surface area contributed by atoms with E-state index < -0.39 is 34.9 Å². The van der Waals surface area contributed by atoms with Gasteiger partial charge in [0.1, 0.15) is 11.3 Å². The zero-order chi connectivity index (χ0) is 26.1. The van der Waals surface area contributed by atoms with Crippen LogP contribution in [0.4, 0.5) is 32.3 Å². The molecule has 1 N–H and O–H groups in total. The monoisotopic (exact) mass is 514 g/mol. The normalized spacial score (nSPS) is 14.6. The topological polar surface area (TPSA) is 104 Å². The van der Waals surface area contributed by atoms with Crippen molar-refractivity contribution in [3.63, 3.8) is 0 Å². The van der Waals surface area contributed by atoms with Gasteiger partial charge in [0.25, 0.3) is 11.5 Å². The predicted octanol–water partition coefficient (Wildman–Crippen LogP) is 3.35. The molecule has 36 heavy (non-hydrogen) atoms. The third-order valence-corrected chi connectivity index (χ3v) is 5.20. The Morgan fingerprint density at radius 2 is 1.61 bits per heavy atom. The third kappa shape index (κ3) is 5.55. The summed E-state index contributed by atoms with van der Waals surface area (Å²) in [5.41, 5.74) is -3.67. The van der Waals surface area contributed by atoms with Gasteiger partial charge in [-0.1, -0.05) is 6.07 Å². The number of hydrogen-bond acceptors (Lipinski definition) is 7. The zero-order valence-electron chi connectivity index (χ0n) is 18.1. The number of ether oxygens (including phenoxy) is 1. The molecule has 0 saturated carbocycles. The van der Waals surface area contributed by atoms with Crippen LogP contribution < -0.4 is 15.2 Å². The van der Waals surface area contributed by atoms with Crippen molar-refractivity contribution in [2.45, 2.75) is 12.4 Å². The van der Waals surface area contributed by atoms with Gasteiger partial charge in [-0.15, -0.1) is 5.10 Å². The SMILES string of the molecule is O=C(c1cccc(Oc2cc(C(F)(F)F)c(=O)[nH]n2)c1)N1CCN(c2ncc(C(F)(F)F)cn2)CC1. The summed E-state index contributed by atoms with van der Waals surface area (Å²) in [5.74, 6) is -0.780. The van der Waals surface area contributed by atoms with Crippen molar-refractivity contribution in [2.75, 3.05) is 31.1 Å². The largest absolute Gasteiger partial charge is 0.438 e. The highest BCUT2D eigenvalue weighted by Crippen LogP contribution is 2.30. The van der Waals surface area contributed by atoms with Crippen molar-refractivity contribution in [3.05, 3.63) is 69.8 Å². The molecule has 2 aromatic heterocycles. The van der Waals surface area contributed by atoms with Crippen molar-refractivity contribution < 1.29 is 35.9 Å². The first-order valence-corrected chi connectivity index (χ1v) is 10.3. The Labute approximate surface area is 198 Å². The number of carbonyl (C=O) groups excluding carboxylic acids is 1. The van der Waals surface area contributed by atoms with Gasteiger partial charge in [-0.2, -0.15) is 26.3 Å². The maximum Gasteiger partial charge on any atom is 0.421 e. The lowest BCUT2D eigenvalue weighted by Crippen LogP contribution is -2.49. The first-order chi connectivity index (χ1) is 16.9. The minimum Gasteiger partial charge on any atom is -0.438 e. The van der Waals surface area contributed by atoms with Gasteiger partial charge in [0.15, 0.2) is 0 Å². The van der Waals surface area contributed by atoms with Crippen LogP contribution >= 0.6 is 0 Å². The number of nitrogens with zero attached hydrogens (tertiary/aromatic N) is 5. The van der Waals surface area contributed by atoms with Crippen LogP contribution in [-0.4, -0.2) is 57.2 Å². The molecular formula is C21H16F6N6O3. The van der Waals surface area contributed by atoms with E-state index in [1.165, 1.54) is 29.2 Å². The molecule has 3 heterocycles. The molecule has 0 unspecified atom stereocenters. The average Bonchev–Trinajstić information content (AvgIpc) is 2.84. The lowest BCUT2D eigenvalue weighted by molar-refractivity contribution is -0.139. The smallest absolute Gasteiger partial charge is 0.421 e. The van der Waals surface area contributed by atoms with Gasteiger partial charge in [0.05, 0.1) is 5.56 Å². The summed E-state index contributed by atoms with van der Waals surface area (Å²) in [4.78, 5) is 34.9. The van der Waals surface area contributed by atoms with E-state index in [1.54, 1.807) is 10.00 Å². The summed E-state index contributed by atoms with van der Waals surface area (Å²) in [5, 5.41) is 5.15. The summed E-state index contributed by atoms with van der Waals surface area (Å²) in [6.45, 7) is 0.999. The van der Waals surface area contributed by atoms with Gasteiger partial charge in [-0.25, -0.2) is 15.1 Å². The van der Waals surface area contributed by atoms with Crippen LogP contribution in [-0.2, 0) is 12.4 Å². The minimum absolute atomic E-state index is 0.0188. The number of aromatic nitrogens is 4. The fourth-order valence-electron chi connectivity index (χ4n) is 3.39. The number of benzene rings is 1. The van der Waals surface area contributed by atoms with Gasteiger partial charge in [-0.3, -0.25) is 9.59 Å². The average molecular weight is 514 g/mol. The highest BCUT2D eigenvalue weighted by Gasteiger charge is 2.35. The summed E-state index contributed by atoms with van der Waals surface area (Å²) >= 11 is 0. The summed E-state index contributed by atoms with van der Waals surface area (Å²) in [6.07, 6.45) is -8.06. The number of amides is 1. The van der Waals surface area contributed by atoms with Gasteiger partial charge in [0.2, 0.25) is 11.8 Å². The molecule has 0 radical (unpaired) electrons. The van der Waals surface area contributed by atoms with Crippen molar-refractivity contribution in [2.24, 2.45) is 0 Å². The van der Waals surface area contributed by atoms with Gasteiger partial charge < -0.3 is 14.5 Å². The van der Waals surface area contributed by atoms with Crippen LogP contribution in [0.15, 0.2) is 47.5 Å². The van der Waals surface area contributed by atoms with E-state index >= 15 is 0 Å². The molecule has 1 fully saturated rings. The number of alkyl halides is 6. The molecule has 1 saturated heterocycles. The summed E-state index contributed by atoms with van der Waals surface area (Å²) in [6, 6.07) is 6.12. The molecule has 1 aliphatic rings. The highest BCUT2D eigenvalue weighted by atomic mass is 19.4. The predicted molar refractivity (Wildman–Crippen MR) is 112 cm³/mol. The molecule has 1 aromatic carbocycles. The van der Waals surface area contributed by atoms with Crippen LogP contribution in [0, 0.1) is 0 Å².